The summed E-state index contributed by atoms with van der Waals surface area (Å²) < 4.78 is 5.58. The number of hydrogen-bond acceptors (Lipinski definition) is 6. The Morgan fingerprint density at radius 3 is 2.58 bits per heavy atom. The van der Waals surface area contributed by atoms with Gasteiger partial charge < -0.3 is 9.52 Å². The number of rotatable bonds is 6. The summed E-state index contributed by atoms with van der Waals surface area (Å²) in [6.07, 6.45) is 1.86. The molecule has 6 nitrogen and oxygen atoms in total. The number of thioether (sulfide) groups is 2. The van der Waals surface area contributed by atoms with Crippen molar-refractivity contribution in [2.45, 2.75) is 17.4 Å². The van der Waals surface area contributed by atoms with Crippen LogP contribution in [0.1, 0.15) is 29.5 Å². The van der Waals surface area contributed by atoms with Crippen molar-refractivity contribution in [2.24, 2.45) is 5.10 Å². The first-order valence-electron chi connectivity index (χ1n) is 7.99. The number of nitrogens with one attached hydrogen (secondary N) is 1. The summed E-state index contributed by atoms with van der Waals surface area (Å²) in [5.41, 5.74) is 3.52. The van der Waals surface area contributed by atoms with Gasteiger partial charge in [0.05, 0.1) is 22.3 Å². The third kappa shape index (κ3) is 4.70. The molecule has 2 N–H and O–H groups in total. The van der Waals surface area contributed by atoms with Crippen molar-refractivity contribution in [3.63, 3.8) is 0 Å². The van der Waals surface area contributed by atoms with Crippen molar-refractivity contribution in [2.75, 3.05) is 11.5 Å². The van der Waals surface area contributed by atoms with Crippen molar-refractivity contribution in [3.05, 3.63) is 47.7 Å². The maximum Gasteiger partial charge on any atom is 0.335 e. The van der Waals surface area contributed by atoms with Crippen LogP contribution in [0.2, 0.25) is 0 Å². The van der Waals surface area contributed by atoms with Gasteiger partial charge in [-0.05, 0) is 31.2 Å². The lowest BCUT2D eigenvalue weighted by molar-refractivity contribution is -0.121. The smallest absolute Gasteiger partial charge is 0.335 e. The Bertz CT molecular complexity index is 824. The molecular weight excluding hydrogens is 372 g/mol. The second-order valence-electron chi connectivity index (χ2n) is 5.89. The lowest BCUT2D eigenvalue weighted by Crippen LogP contribution is -2.26. The zero-order chi connectivity index (χ0) is 18.6. The van der Waals surface area contributed by atoms with Crippen LogP contribution in [-0.2, 0) is 4.79 Å². The minimum Gasteiger partial charge on any atom is -0.478 e. The van der Waals surface area contributed by atoms with E-state index in [2.05, 4.69) is 17.5 Å². The number of hydrogen-bond donors (Lipinski definition) is 2. The number of carbonyl (C=O) groups excluding carboxylic acids is 1. The highest BCUT2D eigenvalue weighted by atomic mass is 32.2. The maximum absolute atomic E-state index is 12.0. The highest BCUT2D eigenvalue weighted by molar-refractivity contribution is 8.21. The number of carbonyl (C=O) groups is 2. The van der Waals surface area contributed by atoms with E-state index in [-0.39, 0.29) is 15.5 Å². The molecule has 0 unspecified atom stereocenters. The molecule has 1 aromatic carbocycles. The molecule has 1 aliphatic heterocycles. The molecule has 0 aliphatic carbocycles. The standard InChI is InChI=1S/C18H18N2O4S2/c1-18(25-8-9-26-18)10-16(21)20-19-11-14-6-7-15(24-14)12-2-4-13(5-3-12)17(22)23/h2-7,11H,8-10H2,1H3,(H,20,21)(H,22,23)/b19-11-. The zero-order valence-corrected chi connectivity index (χ0v) is 15.7. The average Bonchev–Trinajstić information content (AvgIpc) is 3.24. The van der Waals surface area contributed by atoms with Crippen molar-refractivity contribution >= 4 is 41.6 Å². The number of nitrogens with zero attached hydrogens (tertiary/aromatic N) is 1. The molecular formula is C18H18N2O4S2. The number of carboxylic acids is 1. The first kappa shape index (κ1) is 18.6. The summed E-state index contributed by atoms with van der Waals surface area (Å²) in [5, 5.41) is 12.9. The maximum atomic E-state index is 12.0. The van der Waals surface area contributed by atoms with Crippen LogP contribution < -0.4 is 5.43 Å². The highest BCUT2D eigenvalue weighted by Gasteiger charge is 2.32. The van der Waals surface area contributed by atoms with Gasteiger partial charge in [0.2, 0.25) is 5.91 Å². The lowest BCUT2D eigenvalue weighted by Gasteiger charge is -2.19. The van der Waals surface area contributed by atoms with Crippen LogP contribution in [0.3, 0.4) is 0 Å². The number of amides is 1. The van der Waals surface area contributed by atoms with Crippen LogP contribution in [-0.4, -0.2) is 38.8 Å². The van der Waals surface area contributed by atoms with E-state index in [0.29, 0.717) is 17.9 Å². The predicted molar refractivity (Wildman–Crippen MR) is 105 cm³/mol. The fourth-order valence-electron chi connectivity index (χ4n) is 2.51. The van der Waals surface area contributed by atoms with Crippen molar-refractivity contribution in [3.8, 4) is 11.3 Å². The number of aromatic carboxylic acids is 1. The van der Waals surface area contributed by atoms with Crippen molar-refractivity contribution in [1.29, 1.82) is 0 Å². The molecule has 2 aromatic rings. The number of benzene rings is 1. The normalized spacial score (nSPS) is 16.0. The first-order chi connectivity index (χ1) is 12.5. The summed E-state index contributed by atoms with van der Waals surface area (Å²) >= 11 is 3.60. The summed E-state index contributed by atoms with van der Waals surface area (Å²) in [6, 6.07) is 9.92. The van der Waals surface area contributed by atoms with E-state index in [1.54, 1.807) is 47.8 Å². The molecule has 0 bridgehead atoms. The third-order valence-corrected chi connectivity index (χ3v) is 7.10. The minimum absolute atomic E-state index is 0.0699. The summed E-state index contributed by atoms with van der Waals surface area (Å²) in [7, 11) is 0. The Kier molecular flexibility index (Phi) is 5.73. The highest BCUT2D eigenvalue weighted by Crippen LogP contribution is 2.45. The fourth-order valence-corrected chi connectivity index (χ4v) is 5.34. The second-order valence-corrected chi connectivity index (χ2v) is 9.34. The Balaban J connectivity index is 1.56. The third-order valence-electron chi connectivity index (χ3n) is 3.80. The van der Waals surface area contributed by atoms with Gasteiger partial charge in [-0.1, -0.05) is 12.1 Å². The molecule has 136 valence electrons. The van der Waals surface area contributed by atoms with Crippen molar-refractivity contribution < 1.29 is 19.1 Å². The van der Waals surface area contributed by atoms with Crippen LogP contribution in [0.5, 0.6) is 0 Å². The molecule has 8 heteroatoms. The molecule has 0 radical (unpaired) electrons. The topological polar surface area (TPSA) is 91.9 Å². The molecule has 0 spiro atoms. The van der Waals surface area contributed by atoms with Gasteiger partial charge in [-0.25, -0.2) is 10.2 Å². The van der Waals surface area contributed by atoms with E-state index in [4.69, 9.17) is 9.52 Å². The molecule has 1 amide bonds. The Labute approximate surface area is 159 Å². The van der Waals surface area contributed by atoms with Crippen molar-refractivity contribution in [1.82, 2.24) is 5.43 Å². The van der Waals surface area contributed by atoms with Crippen LogP contribution >= 0.6 is 23.5 Å². The van der Waals surface area contributed by atoms with Crippen LogP contribution in [0.4, 0.5) is 0 Å². The summed E-state index contributed by atoms with van der Waals surface area (Å²) in [6.45, 7) is 2.08. The fraction of sp³-hybridized carbons (Fsp3) is 0.278. The first-order valence-corrected chi connectivity index (χ1v) is 9.96. The zero-order valence-electron chi connectivity index (χ0n) is 14.1. The molecule has 3 rings (SSSR count). The van der Waals surface area contributed by atoms with E-state index < -0.39 is 5.97 Å². The molecule has 1 fully saturated rings. The molecule has 2 heterocycles. The van der Waals surface area contributed by atoms with Crippen LogP contribution in [0, 0.1) is 0 Å². The van der Waals surface area contributed by atoms with Gasteiger partial charge in [0, 0.05) is 17.1 Å². The van der Waals surface area contributed by atoms with E-state index in [1.807, 2.05) is 0 Å². The molecule has 0 saturated carbocycles. The van der Waals surface area contributed by atoms with Gasteiger partial charge in [0.1, 0.15) is 11.5 Å². The van der Waals surface area contributed by atoms with E-state index in [9.17, 15) is 9.59 Å². The van der Waals surface area contributed by atoms with Crippen LogP contribution in [0.25, 0.3) is 11.3 Å². The molecule has 1 saturated heterocycles. The van der Waals surface area contributed by atoms with E-state index >= 15 is 0 Å². The Morgan fingerprint density at radius 2 is 1.92 bits per heavy atom. The summed E-state index contributed by atoms with van der Waals surface area (Å²) in [4.78, 5) is 22.9. The number of carboxylic acid groups (broad SMARTS) is 1. The molecule has 1 aromatic heterocycles. The quantitative estimate of drug-likeness (QED) is 0.577. The Morgan fingerprint density at radius 1 is 1.23 bits per heavy atom. The number of furan rings is 1. The van der Waals surface area contributed by atoms with Gasteiger partial charge in [0.25, 0.3) is 0 Å². The monoisotopic (exact) mass is 390 g/mol. The van der Waals surface area contributed by atoms with Gasteiger partial charge in [0.15, 0.2) is 0 Å². The van der Waals surface area contributed by atoms with Gasteiger partial charge in [-0.3, -0.25) is 4.79 Å². The lowest BCUT2D eigenvalue weighted by atomic mass is 10.1. The van der Waals surface area contributed by atoms with E-state index in [1.165, 1.54) is 18.3 Å². The van der Waals surface area contributed by atoms with Crippen LogP contribution in [0.15, 0.2) is 45.9 Å². The molecule has 26 heavy (non-hydrogen) atoms. The van der Waals surface area contributed by atoms with Gasteiger partial charge in [-0.15, -0.1) is 23.5 Å². The number of hydrazone groups is 1. The Hall–Kier alpha value is -2.19. The SMILES string of the molecule is CC1(CC(=O)N/N=C\c2ccc(-c3ccc(C(=O)O)cc3)o2)SCCS1. The molecule has 0 atom stereocenters. The van der Waals surface area contributed by atoms with Gasteiger partial charge >= 0.3 is 5.97 Å². The largest absolute Gasteiger partial charge is 0.478 e. The van der Waals surface area contributed by atoms with Gasteiger partial charge in [-0.2, -0.15) is 5.10 Å². The molecule has 1 aliphatic rings. The average molecular weight is 390 g/mol. The second kappa shape index (κ2) is 8.01. The predicted octanol–water partition coefficient (Wildman–Crippen LogP) is 3.68. The minimum atomic E-state index is -0.970. The summed E-state index contributed by atoms with van der Waals surface area (Å²) in [5.74, 6) is 2.14. The van der Waals surface area contributed by atoms with E-state index in [0.717, 1.165) is 17.1 Å².